The summed E-state index contributed by atoms with van der Waals surface area (Å²) >= 11 is 0. The predicted molar refractivity (Wildman–Crippen MR) is 56.1 cm³/mol. The van der Waals surface area contributed by atoms with Crippen molar-refractivity contribution >= 4 is 0 Å². The predicted octanol–water partition coefficient (Wildman–Crippen LogP) is 1.18. The Labute approximate surface area is 88.1 Å². The van der Waals surface area contributed by atoms with E-state index in [4.69, 9.17) is 4.42 Å². The zero-order valence-electron chi connectivity index (χ0n) is 8.90. The third kappa shape index (κ3) is 2.24. The molecule has 0 fully saturated rings. The molecule has 0 saturated carbocycles. The number of nitrogens with one attached hydrogen (secondary N) is 1. The third-order valence-corrected chi connectivity index (χ3v) is 2.07. The Morgan fingerprint density at radius 3 is 3.00 bits per heavy atom. The van der Waals surface area contributed by atoms with Crippen LogP contribution < -0.4 is 5.32 Å². The summed E-state index contributed by atoms with van der Waals surface area (Å²) in [6, 6.07) is 0. The average molecular weight is 206 g/mol. The molecular formula is C10H14N4O. The number of hydrogen-bond acceptors (Lipinski definition) is 4. The second-order valence-electron chi connectivity index (χ2n) is 3.30. The van der Waals surface area contributed by atoms with E-state index < -0.39 is 0 Å². The Hall–Kier alpha value is -1.62. The fourth-order valence-corrected chi connectivity index (χ4v) is 1.31. The Morgan fingerprint density at radius 2 is 2.33 bits per heavy atom. The van der Waals surface area contributed by atoms with Gasteiger partial charge in [0.05, 0.1) is 24.5 Å². The molecule has 2 aromatic rings. The second-order valence-corrected chi connectivity index (χ2v) is 3.30. The highest BCUT2D eigenvalue weighted by molar-refractivity contribution is 5.53. The molecule has 0 aliphatic heterocycles. The molecule has 0 amide bonds. The first-order valence-electron chi connectivity index (χ1n) is 4.94. The molecule has 80 valence electrons. The van der Waals surface area contributed by atoms with Gasteiger partial charge < -0.3 is 9.73 Å². The lowest BCUT2D eigenvalue weighted by Gasteiger charge is -1.94. The number of rotatable bonds is 4. The van der Waals surface area contributed by atoms with Gasteiger partial charge in [0.2, 0.25) is 5.89 Å². The fourth-order valence-electron chi connectivity index (χ4n) is 1.31. The minimum atomic E-state index is 0.663. The van der Waals surface area contributed by atoms with E-state index >= 15 is 0 Å². The van der Waals surface area contributed by atoms with Gasteiger partial charge in [-0.1, -0.05) is 6.92 Å². The maximum atomic E-state index is 5.56. The van der Waals surface area contributed by atoms with Crippen molar-refractivity contribution in [3.8, 4) is 11.3 Å². The summed E-state index contributed by atoms with van der Waals surface area (Å²) < 4.78 is 7.30. The van der Waals surface area contributed by atoms with Crippen LogP contribution in [0.4, 0.5) is 0 Å². The Morgan fingerprint density at radius 1 is 1.47 bits per heavy atom. The van der Waals surface area contributed by atoms with E-state index in [1.807, 2.05) is 20.2 Å². The fraction of sp³-hybridized carbons (Fsp3) is 0.400. The van der Waals surface area contributed by atoms with Crippen molar-refractivity contribution in [3.63, 3.8) is 0 Å². The molecule has 0 radical (unpaired) electrons. The van der Waals surface area contributed by atoms with Crippen LogP contribution in [0.15, 0.2) is 23.0 Å². The van der Waals surface area contributed by atoms with E-state index in [9.17, 15) is 0 Å². The lowest BCUT2D eigenvalue weighted by atomic mass is 10.3. The number of oxazole rings is 1. The van der Waals surface area contributed by atoms with Crippen molar-refractivity contribution < 1.29 is 4.42 Å². The largest absolute Gasteiger partial charge is 0.439 e. The Balaban J connectivity index is 2.13. The normalized spacial score (nSPS) is 10.8. The first kappa shape index (κ1) is 9.92. The van der Waals surface area contributed by atoms with Gasteiger partial charge in [0, 0.05) is 13.2 Å². The van der Waals surface area contributed by atoms with Crippen LogP contribution >= 0.6 is 0 Å². The molecule has 0 saturated heterocycles. The molecule has 0 unspecified atom stereocenters. The third-order valence-electron chi connectivity index (χ3n) is 2.07. The maximum Gasteiger partial charge on any atom is 0.208 e. The molecule has 0 aliphatic carbocycles. The molecule has 0 aliphatic rings. The van der Waals surface area contributed by atoms with Crippen molar-refractivity contribution in [2.45, 2.75) is 13.5 Å². The van der Waals surface area contributed by atoms with Crippen molar-refractivity contribution in [3.05, 3.63) is 24.5 Å². The highest BCUT2D eigenvalue weighted by Gasteiger charge is 2.07. The first-order valence-corrected chi connectivity index (χ1v) is 4.94. The highest BCUT2D eigenvalue weighted by atomic mass is 16.4. The Bertz CT molecular complexity index is 432. The van der Waals surface area contributed by atoms with Crippen LogP contribution in [0.1, 0.15) is 12.8 Å². The van der Waals surface area contributed by atoms with Crippen LogP contribution in [0, 0.1) is 0 Å². The van der Waals surface area contributed by atoms with E-state index in [0.29, 0.717) is 12.4 Å². The summed E-state index contributed by atoms with van der Waals surface area (Å²) in [5, 5.41) is 7.24. The number of nitrogens with zero attached hydrogens (tertiary/aromatic N) is 3. The molecule has 0 spiro atoms. The Kier molecular flexibility index (Phi) is 2.82. The number of aryl methyl sites for hydroxylation is 1. The van der Waals surface area contributed by atoms with Gasteiger partial charge in [0.1, 0.15) is 0 Å². The van der Waals surface area contributed by atoms with Crippen molar-refractivity contribution in [2.24, 2.45) is 7.05 Å². The maximum absolute atomic E-state index is 5.56. The standard InChI is InChI=1S/C10H14N4O/c1-3-11-6-10-12-5-9(15-10)8-4-13-14(2)7-8/h4-5,7,11H,3,6H2,1-2H3. The number of aromatic nitrogens is 3. The molecule has 0 bridgehead atoms. The van der Waals surface area contributed by atoms with Crippen LogP contribution in [0.5, 0.6) is 0 Å². The minimum absolute atomic E-state index is 0.663. The van der Waals surface area contributed by atoms with E-state index in [2.05, 4.69) is 15.4 Å². The van der Waals surface area contributed by atoms with Crippen LogP contribution in [0.2, 0.25) is 0 Å². The van der Waals surface area contributed by atoms with Crippen molar-refractivity contribution in [2.75, 3.05) is 6.54 Å². The molecule has 2 heterocycles. The molecule has 2 aromatic heterocycles. The smallest absolute Gasteiger partial charge is 0.208 e. The van der Waals surface area contributed by atoms with Gasteiger partial charge in [-0.3, -0.25) is 4.68 Å². The van der Waals surface area contributed by atoms with Crippen molar-refractivity contribution in [1.82, 2.24) is 20.1 Å². The molecule has 5 nitrogen and oxygen atoms in total. The van der Waals surface area contributed by atoms with E-state index in [0.717, 1.165) is 17.9 Å². The minimum Gasteiger partial charge on any atom is -0.439 e. The molecule has 2 rings (SSSR count). The zero-order valence-corrected chi connectivity index (χ0v) is 8.90. The summed E-state index contributed by atoms with van der Waals surface area (Å²) in [6.07, 6.45) is 5.39. The molecule has 0 aromatic carbocycles. The van der Waals surface area contributed by atoms with E-state index in [-0.39, 0.29) is 0 Å². The van der Waals surface area contributed by atoms with Gasteiger partial charge in [-0.05, 0) is 6.54 Å². The average Bonchev–Trinajstić information content (AvgIpc) is 2.83. The monoisotopic (exact) mass is 206 g/mol. The van der Waals surface area contributed by atoms with Crippen LogP contribution in [-0.2, 0) is 13.6 Å². The van der Waals surface area contributed by atoms with Crippen LogP contribution in [0.3, 0.4) is 0 Å². The molecule has 1 N–H and O–H groups in total. The van der Waals surface area contributed by atoms with Gasteiger partial charge in [-0.25, -0.2) is 4.98 Å². The van der Waals surface area contributed by atoms with Gasteiger partial charge >= 0.3 is 0 Å². The van der Waals surface area contributed by atoms with Gasteiger partial charge in [-0.2, -0.15) is 5.10 Å². The summed E-state index contributed by atoms with van der Waals surface area (Å²) in [5.74, 6) is 1.46. The topological polar surface area (TPSA) is 55.9 Å². The zero-order chi connectivity index (χ0) is 10.7. The summed E-state index contributed by atoms with van der Waals surface area (Å²) in [7, 11) is 1.87. The summed E-state index contributed by atoms with van der Waals surface area (Å²) in [6.45, 7) is 3.62. The summed E-state index contributed by atoms with van der Waals surface area (Å²) in [4.78, 5) is 4.17. The first-order chi connectivity index (χ1) is 7.29. The molecule has 15 heavy (non-hydrogen) atoms. The van der Waals surface area contributed by atoms with Crippen LogP contribution in [-0.4, -0.2) is 21.3 Å². The van der Waals surface area contributed by atoms with Gasteiger partial charge in [0.15, 0.2) is 5.76 Å². The lowest BCUT2D eigenvalue weighted by molar-refractivity contribution is 0.482. The van der Waals surface area contributed by atoms with E-state index in [1.165, 1.54) is 0 Å². The molecule has 5 heteroatoms. The highest BCUT2D eigenvalue weighted by Crippen LogP contribution is 2.18. The van der Waals surface area contributed by atoms with Crippen molar-refractivity contribution in [1.29, 1.82) is 0 Å². The quantitative estimate of drug-likeness (QED) is 0.816. The number of hydrogen-bond donors (Lipinski definition) is 1. The molecule has 0 atom stereocenters. The molecular weight excluding hydrogens is 192 g/mol. The summed E-state index contributed by atoms with van der Waals surface area (Å²) in [5.41, 5.74) is 0.952. The van der Waals surface area contributed by atoms with E-state index in [1.54, 1.807) is 17.1 Å². The SMILES string of the molecule is CCNCc1ncc(-c2cnn(C)c2)o1. The van der Waals surface area contributed by atoms with Gasteiger partial charge in [0.25, 0.3) is 0 Å². The lowest BCUT2D eigenvalue weighted by Crippen LogP contribution is -2.11. The van der Waals surface area contributed by atoms with Crippen LogP contribution in [0.25, 0.3) is 11.3 Å². The van der Waals surface area contributed by atoms with Gasteiger partial charge in [-0.15, -0.1) is 0 Å². The second kappa shape index (κ2) is 4.27.